The molecule has 1 aromatic heterocycles. The number of hydrogen-bond donors (Lipinski definition) is 6. The Balaban J connectivity index is 1.34. The van der Waals surface area contributed by atoms with Gasteiger partial charge in [-0.1, -0.05) is 5.16 Å². The number of fused-ring (bicyclic) bond motifs is 1. The van der Waals surface area contributed by atoms with Gasteiger partial charge in [0.05, 0.1) is 11.1 Å². The highest BCUT2D eigenvalue weighted by Gasteiger charge is 2.57. The number of amidine groups is 1. The molecular weight excluding hydrogens is 681 g/mol. The van der Waals surface area contributed by atoms with Gasteiger partial charge in [0.2, 0.25) is 0 Å². The molecule has 266 valence electrons. The Morgan fingerprint density at radius 1 is 1.24 bits per heavy atom. The summed E-state index contributed by atoms with van der Waals surface area (Å²) in [4.78, 5) is 53.3. The Morgan fingerprint density at radius 3 is 2.53 bits per heavy atom. The molecule has 1 aromatic carbocycles. The van der Waals surface area contributed by atoms with E-state index in [2.05, 4.69) is 26.7 Å². The number of carbonyl (C=O) groups excluding carboxylic acids is 2. The molecule has 0 radical (unpaired) electrons. The van der Waals surface area contributed by atoms with Crippen LogP contribution in [0.5, 0.6) is 5.75 Å². The fourth-order valence-corrected chi connectivity index (χ4v) is 6.97. The molecule has 2 aromatic rings. The summed E-state index contributed by atoms with van der Waals surface area (Å²) in [7, 11) is 0. The number of oxime groups is 1. The zero-order chi connectivity index (χ0) is 35.9. The zero-order valence-electron chi connectivity index (χ0n) is 27.4. The SMILES string of the molecule is CC1(N=C(N)c2ccc3c(c2)CCC(C(C)(O/N=C(\C(=O)NC2C(=O)N(OS(=O)O)C2(C)C)c2csc(N)n2)C(=O)O)O3)CCC(N)CC1. The number of nitrogens with two attached hydrogens (primary N) is 3. The molecule has 1 saturated carbocycles. The number of thiazole rings is 1. The highest BCUT2D eigenvalue weighted by Crippen LogP contribution is 2.36. The number of aliphatic imine (C=N–C) groups is 1. The summed E-state index contributed by atoms with van der Waals surface area (Å²) >= 11 is -1.77. The number of hydroxylamine groups is 2. The molecule has 49 heavy (non-hydrogen) atoms. The summed E-state index contributed by atoms with van der Waals surface area (Å²) in [5, 5.41) is 18.9. The Labute approximate surface area is 288 Å². The van der Waals surface area contributed by atoms with Gasteiger partial charge in [0.15, 0.2) is 16.9 Å². The molecular formula is C30H40N8O9S2. The average Bonchev–Trinajstić information content (AvgIpc) is 3.48. The van der Waals surface area contributed by atoms with Gasteiger partial charge < -0.3 is 37.2 Å². The van der Waals surface area contributed by atoms with Gasteiger partial charge >= 0.3 is 17.3 Å². The molecule has 4 atom stereocenters. The van der Waals surface area contributed by atoms with E-state index in [1.165, 1.54) is 26.2 Å². The molecule has 17 nitrogen and oxygen atoms in total. The van der Waals surface area contributed by atoms with E-state index in [4.69, 9.17) is 36.3 Å². The smallest absolute Gasteiger partial charge is 0.354 e. The first-order chi connectivity index (χ1) is 22.9. The van der Waals surface area contributed by atoms with Gasteiger partial charge in [0.25, 0.3) is 17.4 Å². The third-order valence-electron chi connectivity index (χ3n) is 9.24. The van der Waals surface area contributed by atoms with Crippen LogP contribution >= 0.6 is 11.3 Å². The van der Waals surface area contributed by atoms with Crippen LogP contribution in [0, 0.1) is 0 Å². The van der Waals surface area contributed by atoms with Crippen LogP contribution in [-0.4, -0.2) is 88.1 Å². The lowest BCUT2D eigenvalue weighted by molar-refractivity contribution is -0.216. The van der Waals surface area contributed by atoms with Crippen LogP contribution in [-0.2, 0) is 41.3 Å². The van der Waals surface area contributed by atoms with E-state index in [-0.39, 0.29) is 28.8 Å². The number of amides is 2. The van der Waals surface area contributed by atoms with E-state index in [1.54, 1.807) is 12.1 Å². The minimum atomic E-state index is -2.77. The molecule has 2 amide bonds. The third kappa shape index (κ3) is 7.40. The van der Waals surface area contributed by atoms with Crippen LogP contribution in [0.15, 0.2) is 33.7 Å². The molecule has 19 heteroatoms. The van der Waals surface area contributed by atoms with E-state index >= 15 is 0 Å². The number of carboxylic acids is 1. The second-order valence-electron chi connectivity index (χ2n) is 13.3. The van der Waals surface area contributed by atoms with E-state index in [0.717, 1.165) is 48.1 Å². The summed E-state index contributed by atoms with van der Waals surface area (Å²) in [5.74, 6) is -2.31. The minimum Gasteiger partial charge on any atom is -0.485 e. The number of β-lactam (4-membered cyclic amide) rings is 1. The van der Waals surface area contributed by atoms with E-state index < -0.39 is 58.1 Å². The lowest BCUT2D eigenvalue weighted by atomic mass is 9.81. The Kier molecular flexibility index (Phi) is 10.0. The van der Waals surface area contributed by atoms with Crippen LogP contribution in [0.3, 0.4) is 0 Å². The van der Waals surface area contributed by atoms with Crippen LogP contribution < -0.4 is 27.3 Å². The maximum Gasteiger partial charge on any atom is 0.354 e. The molecule has 0 bridgehead atoms. The second kappa shape index (κ2) is 13.6. The number of ether oxygens (including phenoxy) is 1. The topological polar surface area (TPSA) is 267 Å². The fourth-order valence-electron chi connectivity index (χ4n) is 6.03. The number of benzene rings is 1. The number of carbonyl (C=O) groups is 3. The third-order valence-corrected chi connectivity index (χ3v) is 10.2. The first-order valence-electron chi connectivity index (χ1n) is 15.5. The molecule has 3 aliphatic rings. The van der Waals surface area contributed by atoms with Crippen molar-refractivity contribution in [2.75, 3.05) is 5.73 Å². The predicted octanol–water partition coefficient (Wildman–Crippen LogP) is 1.22. The number of anilines is 1. The van der Waals surface area contributed by atoms with Crippen molar-refractivity contribution in [2.24, 2.45) is 21.6 Å². The molecule has 5 rings (SSSR count). The maximum atomic E-state index is 13.5. The first kappa shape index (κ1) is 36.1. The van der Waals surface area contributed by atoms with Crippen LogP contribution in [0.25, 0.3) is 0 Å². The summed E-state index contributed by atoms with van der Waals surface area (Å²) in [6, 6.07) is 4.33. The number of carboxylic acid groups (broad SMARTS) is 1. The monoisotopic (exact) mass is 720 g/mol. The van der Waals surface area contributed by atoms with Crippen molar-refractivity contribution in [3.05, 3.63) is 40.4 Å². The number of nitrogens with one attached hydrogen (secondary N) is 1. The highest BCUT2D eigenvalue weighted by molar-refractivity contribution is 7.74. The van der Waals surface area contributed by atoms with E-state index in [0.29, 0.717) is 23.1 Å². The lowest BCUT2D eigenvalue weighted by Gasteiger charge is -2.50. The fraction of sp³-hybridized carbons (Fsp3) is 0.533. The minimum absolute atomic E-state index is 0.0338. The van der Waals surface area contributed by atoms with Gasteiger partial charge in [-0.25, -0.2) is 9.78 Å². The van der Waals surface area contributed by atoms with Gasteiger partial charge in [-0.15, -0.1) is 15.6 Å². The van der Waals surface area contributed by atoms with Crippen molar-refractivity contribution in [2.45, 2.75) is 101 Å². The molecule has 1 aliphatic carbocycles. The molecule has 3 heterocycles. The molecule has 0 spiro atoms. The average molecular weight is 721 g/mol. The number of nitrogen functional groups attached to an aromatic ring is 1. The number of aromatic nitrogens is 1. The number of nitrogens with zero attached hydrogens (tertiary/aromatic N) is 4. The van der Waals surface area contributed by atoms with Crippen molar-refractivity contribution >= 4 is 57.2 Å². The molecule has 4 unspecified atom stereocenters. The van der Waals surface area contributed by atoms with E-state index in [9.17, 15) is 23.7 Å². The standard InChI is InChI=1S/C30H40N8O9S2/c1-28(2)22(25(40)38(28)47-49(43)44)35-24(39)21(18-14-48-27(33)34-18)37-46-30(4,26(41)42)20-8-6-15-13-16(5-7-19(15)45-20)23(32)36-29(3)11-9-17(31)10-12-29/h5,7,13-14,17,20,22H,6,8-12,31H2,1-4H3,(H2,32,36)(H2,33,34)(H,35,39)(H,41,42)(H,43,44)/b37-21-. The summed E-state index contributed by atoms with van der Waals surface area (Å²) < 4.78 is 30.9. The van der Waals surface area contributed by atoms with Crippen molar-refractivity contribution in [3.63, 3.8) is 0 Å². The molecule has 2 fully saturated rings. The zero-order valence-corrected chi connectivity index (χ0v) is 29.0. The highest BCUT2D eigenvalue weighted by atomic mass is 32.2. The molecule has 9 N–H and O–H groups in total. The Morgan fingerprint density at radius 2 is 1.94 bits per heavy atom. The number of hydrogen-bond acceptors (Lipinski definition) is 13. The van der Waals surface area contributed by atoms with Gasteiger partial charge in [-0.05, 0) is 90.0 Å². The quantitative estimate of drug-likeness (QED) is 0.0628. The summed E-state index contributed by atoms with van der Waals surface area (Å²) in [6.45, 7) is 6.35. The van der Waals surface area contributed by atoms with E-state index in [1.807, 2.05) is 6.07 Å². The van der Waals surface area contributed by atoms with Crippen LogP contribution in [0.1, 0.15) is 76.6 Å². The predicted molar refractivity (Wildman–Crippen MR) is 180 cm³/mol. The Bertz CT molecular complexity index is 1720. The summed E-state index contributed by atoms with van der Waals surface area (Å²) in [6.07, 6.45) is 3.07. The largest absolute Gasteiger partial charge is 0.485 e. The number of aliphatic carboxylic acids is 1. The van der Waals surface area contributed by atoms with Gasteiger partial charge in [-0.2, -0.15) is 9.27 Å². The van der Waals surface area contributed by atoms with Crippen molar-refractivity contribution in [1.29, 1.82) is 0 Å². The van der Waals surface area contributed by atoms with Gasteiger partial charge in [0, 0.05) is 17.0 Å². The van der Waals surface area contributed by atoms with Gasteiger partial charge in [0.1, 0.15) is 23.3 Å². The van der Waals surface area contributed by atoms with Crippen LogP contribution in [0.2, 0.25) is 0 Å². The van der Waals surface area contributed by atoms with Crippen molar-refractivity contribution in [3.8, 4) is 5.75 Å². The van der Waals surface area contributed by atoms with Gasteiger partial charge in [-0.3, -0.25) is 19.1 Å². The number of aryl methyl sites for hydroxylation is 1. The maximum absolute atomic E-state index is 13.5. The Hall–Kier alpha value is -4.17. The van der Waals surface area contributed by atoms with Crippen molar-refractivity contribution in [1.82, 2.24) is 15.4 Å². The van der Waals surface area contributed by atoms with Crippen molar-refractivity contribution < 1.29 is 42.1 Å². The van der Waals surface area contributed by atoms with Crippen LogP contribution in [0.4, 0.5) is 5.13 Å². The molecule has 2 aliphatic heterocycles. The summed E-state index contributed by atoms with van der Waals surface area (Å²) in [5.41, 5.74) is 15.7. The normalized spacial score (nSPS) is 27.2. The second-order valence-corrected chi connectivity index (χ2v) is 14.8. The number of rotatable bonds is 11. The lowest BCUT2D eigenvalue weighted by Crippen LogP contribution is -2.76. The molecule has 1 saturated heterocycles. The first-order valence-corrected chi connectivity index (χ1v) is 17.4.